The van der Waals surface area contributed by atoms with Gasteiger partial charge in [-0.05, 0) is 30.3 Å². The van der Waals surface area contributed by atoms with Crippen LogP contribution in [0, 0.1) is 5.92 Å². The third-order valence-corrected chi connectivity index (χ3v) is 3.92. The number of carbonyl (C=O) groups excluding carboxylic acids is 1. The molecule has 0 bridgehead atoms. The van der Waals surface area contributed by atoms with Crippen molar-refractivity contribution in [3.63, 3.8) is 0 Å². The summed E-state index contributed by atoms with van der Waals surface area (Å²) in [6.45, 7) is 1.65. The van der Waals surface area contributed by atoms with Gasteiger partial charge in [0.2, 0.25) is 5.88 Å². The number of benzene rings is 1. The fourth-order valence-corrected chi connectivity index (χ4v) is 2.50. The summed E-state index contributed by atoms with van der Waals surface area (Å²) in [5, 5.41) is 15.5. The summed E-state index contributed by atoms with van der Waals surface area (Å²) in [5.74, 6) is 1.56. The lowest BCUT2D eigenvalue weighted by molar-refractivity contribution is -0.123. The molecule has 1 amide bonds. The largest absolute Gasteiger partial charge is 0.484 e. The summed E-state index contributed by atoms with van der Waals surface area (Å²) in [6, 6.07) is 12.4. The van der Waals surface area contributed by atoms with E-state index in [1.807, 2.05) is 12.1 Å². The molecule has 2 atom stereocenters. The first kappa shape index (κ1) is 23.0. The van der Waals surface area contributed by atoms with E-state index >= 15 is 0 Å². The van der Waals surface area contributed by atoms with E-state index in [0.29, 0.717) is 37.0 Å². The van der Waals surface area contributed by atoms with E-state index in [-0.39, 0.29) is 43.2 Å². The number of hydrogen-bond donors (Lipinski definition) is 3. The Hall–Kier alpha value is -2.06. The maximum absolute atomic E-state index is 11.8. The van der Waals surface area contributed by atoms with Crippen molar-refractivity contribution in [2.45, 2.75) is 6.10 Å². The van der Waals surface area contributed by atoms with Crippen molar-refractivity contribution < 1.29 is 19.4 Å². The number of ether oxygens (including phenoxy) is 2. The van der Waals surface area contributed by atoms with E-state index in [9.17, 15) is 9.90 Å². The molecule has 2 unspecified atom stereocenters. The first-order valence-corrected chi connectivity index (χ1v) is 8.18. The van der Waals surface area contributed by atoms with Crippen LogP contribution in [-0.4, -0.2) is 48.3 Å². The Morgan fingerprint density at radius 3 is 2.52 bits per heavy atom. The average Bonchev–Trinajstić information content (AvgIpc) is 3.05. The topological polar surface area (TPSA) is 92.7 Å². The Morgan fingerprint density at radius 1 is 1.15 bits per heavy atom. The van der Waals surface area contributed by atoms with Crippen molar-refractivity contribution in [2.24, 2.45) is 5.92 Å². The van der Waals surface area contributed by atoms with Crippen LogP contribution in [0.2, 0.25) is 0 Å². The molecule has 1 aliphatic heterocycles. The maximum Gasteiger partial charge on any atom is 0.257 e. The molecule has 1 saturated heterocycles. The molecule has 3 rings (SSSR count). The van der Waals surface area contributed by atoms with Crippen LogP contribution in [0.25, 0.3) is 0 Å². The molecule has 148 valence electrons. The molecule has 0 radical (unpaired) electrons. The number of nitrogens with zero attached hydrogens (tertiary/aromatic N) is 1. The normalized spacial score (nSPS) is 18.0. The highest BCUT2D eigenvalue weighted by atomic mass is 35.5. The Bertz CT molecular complexity index is 689. The zero-order valence-electron chi connectivity index (χ0n) is 14.5. The number of halogens is 2. The molecule has 0 spiro atoms. The number of carbonyl (C=O) groups is 1. The quantitative estimate of drug-likeness (QED) is 0.638. The number of pyridine rings is 1. The highest BCUT2D eigenvalue weighted by molar-refractivity contribution is 5.85. The lowest BCUT2D eigenvalue weighted by atomic mass is 10.1. The minimum atomic E-state index is -0.409. The van der Waals surface area contributed by atoms with Gasteiger partial charge in [-0.2, -0.15) is 0 Å². The van der Waals surface area contributed by atoms with E-state index in [4.69, 9.17) is 9.47 Å². The van der Waals surface area contributed by atoms with Gasteiger partial charge in [-0.3, -0.25) is 4.79 Å². The Balaban J connectivity index is 0.00000182. The van der Waals surface area contributed by atoms with E-state index in [1.54, 1.807) is 36.5 Å². The molecule has 27 heavy (non-hydrogen) atoms. The molecule has 3 N–H and O–H groups in total. The van der Waals surface area contributed by atoms with Crippen LogP contribution < -0.4 is 20.1 Å². The third-order valence-electron chi connectivity index (χ3n) is 3.92. The fraction of sp³-hybridized carbons (Fsp3) is 0.333. The Morgan fingerprint density at radius 2 is 1.89 bits per heavy atom. The third kappa shape index (κ3) is 7.22. The van der Waals surface area contributed by atoms with Crippen molar-refractivity contribution in [1.82, 2.24) is 15.6 Å². The minimum absolute atomic E-state index is 0. The summed E-state index contributed by atoms with van der Waals surface area (Å²) in [4.78, 5) is 15.9. The van der Waals surface area contributed by atoms with Gasteiger partial charge in [0.1, 0.15) is 11.5 Å². The van der Waals surface area contributed by atoms with Crippen LogP contribution in [0.1, 0.15) is 0 Å². The number of aromatic nitrogens is 1. The van der Waals surface area contributed by atoms with Gasteiger partial charge >= 0.3 is 0 Å². The molecule has 0 aliphatic carbocycles. The predicted molar refractivity (Wildman–Crippen MR) is 106 cm³/mol. The number of aliphatic hydroxyl groups is 1. The lowest BCUT2D eigenvalue weighted by Crippen LogP contribution is -2.36. The lowest BCUT2D eigenvalue weighted by Gasteiger charge is -2.14. The fourth-order valence-electron chi connectivity index (χ4n) is 2.50. The molecule has 7 nitrogen and oxygen atoms in total. The molecule has 1 fully saturated rings. The monoisotopic (exact) mass is 415 g/mol. The van der Waals surface area contributed by atoms with Gasteiger partial charge in [0.05, 0.1) is 6.10 Å². The highest BCUT2D eigenvalue weighted by Gasteiger charge is 2.24. The summed E-state index contributed by atoms with van der Waals surface area (Å²) in [6.07, 6.45) is 1.25. The highest BCUT2D eigenvalue weighted by Crippen LogP contribution is 2.22. The van der Waals surface area contributed by atoms with Crippen molar-refractivity contribution in [1.29, 1.82) is 0 Å². The van der Waals surface area contributed by atoms with Crippen LogP contribution in [0.15, 0.2) is 48.7 Å². The van der Waals surface area contributed by atoms with Crippen LogP contribution >= 0.6 is 24.8 Å². The van der Waals surface area contributed by atoms with Gasteiger partial charge in [0.25, 0.3) is 5.91 Å². The number of rotatable bonds is 7. The van der Waals surface area contributed by atoms with Gasteiger partial charge in [0, 0.05) is 37.8 Å². The number of nitrogens with one attached hydrogen (secondary N) is 2. The standard InChI is InChI=1S/C18H21N3O4.2ClH/c22-16-11-19-9-13(16)10-21-17(23)12-24-14-4-6-15(7-5-14)25-18-3-1-2-8-20-18;;/h1-8,13,16,19,22H,9-12H2,(H,21,23);2*1H. The van der Waals surface area contributed by atoms with Crippen molar-refractivity contribution in [3.8, 4) is 17.4 Å². The Kier molecular flexibility index (Phi) is 9.88. The maximum atomic E-state index is 11.8. The molecule has 0 saturated carbocycles. The number of hydrogen-bond acceptors (Lipinski definition) is 6. The first-order valence-electron chi connectivity index (χ1n) is 8.18. The molecule has 1 aromatic carbocycles. The minimum Gasteiger partial charge on any atom is -0.484 e. The molecule has 2 heterocycles. The zero-order chi connectivity index (χ0) is 17.5. The second-order valence-electron chi connectivity index (χ2n) is 5.82. The van der Waals surface area contributed by atoms with E-state index in [2.05, 4.69) is 15.6 Å². The summed E-state index contributed by atoms with van der Waals surface area (Å²) in [7, 11) is 0. The molecule has 1 aliphatic rings. The van der Waals surface area contributed by atoms with Gasteiger partial charge in [-0.25, -0.2) is 4.98 Å². The van der Waals surface area contributed by atoms with E-state index < -0.39 is 6.10 Å². The predicted octanol–water partition coefficient (Wildman–Crippen LogP) is 1.79. The molecule has 1 aromatic heterocycles. The van der Waals surface area contributed by atoms with Crippen LogP contribution in [0.5, 0.6) is 17.4 Å². The second kappa shape index (κ2) is 11.6. The SMILES string of the molecule is Cl.Cl.O=C(COc1ccc(Oc2ccccn2)cc1)NCC1CNCC1O. The van der Waals surface area contributed by atoms with Crippen molar-refractivity contribution in [2.75, 3.05) is 26.2 Å². The summed E-state index contributed by atoms with van der Waals surface area (Å²) < 4.78 is 11.0. The van der Waals surface area contributed by atoms with Crippen molar-refractivity contribution in [3.05, 3.63) is 48.7 Å². The molecular formula is C18H23Cl2N3O4. The zero-order valence-corrected chi connectivity index (χ0v) is 16.2. The number of amides is 1. The van der Waals surface area contributed by atoms with Crippen LogP contribution in [0.3, 0.4) is 0 Å². The van der Waals surface area contributed by atoms with Gasteiger partial charge in [-0.1, -0.05) is 6.07 Å². The molecule has 2 aromatic rings. The van der Waals surface area contributed by atoms with Crippen LogP contribution in [0.4, 0.5) is 0 Å². The molecular weight excluding hydrogens is 393 g/mol. The van der Waals surface area contributed by atoms with Gasteiger partial charge in [-0.15, -0.1) is 24.8 Å². The van der Waals surface area contributed by atoms with Gasteiger partial charge < -0.3 is 25.2 Å². The van der Waals surface area contributed by atoms with E-state index in [1.165, 1.54) is 0 Å². The summed E-state index contributed by atoms with van der Waals surface area (Å²) >= 11 is 0. The van der Waals surface area contributed by atoms with Crippen molar-refractivity contribution >= 4 is 30.7 Å². The smallest absolute Gasteiger partial charge is 0.257 e. The number of β-amino-alcohol motifs (C(OH)–C–C–N with tert-alkyl or cyclic N) is 1. The number of aliphatic hydroxyl groups excluding tert-OH is 1. The average molecular weight is 416 g/mol. The summed E-state index contributed by atoms with van der Waals surface area (Å²) in [5.41, 5.74) is 0. The van der Waals surface area contributed by atoms with Gasteiger partial charge in [0.15, 0.2) is 6.61 Å². The first-order chi connectivity index (χ1) is 12.2. The Labute approximate surface area is 170 Å². The van der Waals surface area contributed by atoms with E-state index in [0.717, 1.165) is 0 Å². The van der Waals surface area contributed by atoms with Crippen LogP contribution in [-0.2, 0) is 4.79 Å². The molecule has 9 heteroatoms. The second-order valence-corrected chi connectivity index (χ2v) is 5.82.